The van der Waals surface area contributed by atoms with Crippen LogP contribution in [0.1, 0.15) is 13.3 Å². The number of benzene rings is 2. The van der Waals surface area contributed by atoms with Crippen molar-refractivity contribution in [3.8, 4) is 0 Å². The topological polar surface area (TPSA) is 40.6 Å². The summed E-state index contributed by atoms with van der Waals surface area (Å²) < 4.78 is 17.9. The fourth-order valence-corrected chi connectivity index (χ4v) is 6.08. The first-order valence-electron chi connectivity index (χ1n) is 7.97. The van der Waals surface area contributed by atoms with Crippen LogP contribution in [0.15, 0.2) is 72.6 Å². The van der Waals surface area contributed by atoms with E-state index in [4.69, 9.17) is 0 Å². The van der Waals surface area contributed by atoms with Gasteiger partial charge in [-0.2, -0.15) is 0 Å². The Morgan fingerprint density at radius 2 is 1.38 bits per heavy atom. The first kappa shape index (κ1) is 16.5. The average molecular weight is 340 g/mol. The Kier molecular flexibility index (Phi) is 4.59. The molecule has 0 aromatic heterocycles. The maximum absolute atomic E-state index is 14.1. The third kappa shape index (κ3) is 2.90. The van der Waals surface area contributed by atoms with Crippen LogP contribution >= 0.6 is 7.44 Å². The molecule has 1 heterocycles. The van der Waals surface area contributed by atoms with Crippen LogP contribution in [0, 0.1) is 0 Å². The molecule has 2 aromatic rings. The average Bonchev–Trinajstić information content (AvgIpc) is 2.94. The fourth-order valence-electron chi connectivity index (χ4n) is 3.09. The van der Waals surface area contributed by atoms with Crippen molar-refractivity contribution in [1.82, 2.24) is 0 Å². The van der Waals surface area contributed by atoms with Crippen LogP contribution in [-0.4, -0.2) is 18.9 Å². The summed E-state index contributed by atoms with van der Waals surface area (Å²) in [6.07, 6.45) is 0.129. The smallest absolute Gasteiger partial charge is 0.288 e. The number of para-hydroxylation sites is 2. The molecule has 3 rings (SSSR count). The molecular weight excluding hydrogens is 319 g/mol. The number of anilines is 2. The summed E-state index contributed by atoms with van der Waals surface area (Å²) in [7, 11) is -3.13. The quantitative estimate of drug-likeness (QED) is 0.740. The highest BCUT2D eigenvalue weighted by Crippen LogP contribution is 2.65. The van der Waals surface area contributed by atoms with Crippen LogP contribution in [0.3, 0.4) is 0 Å². The van der Waals surface area contributed by atoms with Crippen molar-refractivity contribution in [2.75, 3.05) is 22.4 Å². The first-order chi connectivity index (χ1) is 11.5. The van der Waals surface area contributed by atoms with Gasteiger partial charge in [-0.05, 0) is 31.2 Å². The molecule has 5 heteroatoms. The van der Waals surface area contributed by atoms with E-state index in [1.807, 2.05) is 70.0 Å². The highest BCUT2D eigenvalue weighted by Gasteiger charge is 2.45. The Morgan fingerprint density at radius 3 is 1.75 bits per heavy atom. The lowest BCUT2D eigenvalue weighted by atomic mass is 10.3. The highest BCUT2D eigenvalue weighted by molar-refractivity contribution is 7.71. The third-order valence-electron chi connectivity index (χ3n) is 4.15. The lowest BCUT2D eigenvalue weighted by Crippen LogP contribution is -2.20. The second-order valence-corrected chi connectivity index (χ2v) is 8.59. The Bertz CT molecular complexity index is 738. The molecule has 0 saturated carbocycles. The summed E-state index contributed by atoms with van der Waals surface area (Å²) in [5.41, 5.74) is 1.79. The van der Waals surface area contributed by atoms with E-state index < -0.39 is 7.44 Å². The predicted molar refractivity (Wildman–Crippen MR) is 99.6 cm³/mol. The molecule has 0 bridgehead atoms. The van der Waals surface area contributed by atoms with Crippen molar-refractivity contribution >= 4 is 24.6 Å². The molecule has 1 fully saturated rings. The van der Waals surface area contributed by atoms with Gasteiger partial charge in [0.2, 0.25) is 0 Å². The minimum atomic E-state index is -3.13. The van der Waals surface area contributed by atoms with Gasteiger partial charge in [-0.1, -0.05) is 43.0 Å². The molecule has 0 unspecified atom stereocenters. The zero-order valence-corrected chi connectivity index (χ0v) is 14.7. The summed E-state index contributed by atoms with van der Waals surface area (Å²) >= 11 is 0. The van der Waals surface area contributed by atoms with E-state index in [0.717, 1.165) is 11.4 Å². The van der Waals surface area contributed by atoms with E-state index >= 15 is 0 Å². The molecule has 1 saturated heterocycles. The number of Topliss-reactive ketones (excluding diaryl/α,β-unsaturated/α-hetero) is 1. The normalized spacial score (nSPS) is 16.2. The predicted octanol–water partition coefficient (Wildman–Crippen LogP) is 4.70. The molecule has 124 valence electrons. The minimum Gasteiger partial charge on any atom is -0.302 e. The lowest BCUT2D eigenvalue weighted by Gasteiger charge is -2.33. The van der Waals surface area contributed by atoms with Gasteiger partial charge >= 0.3 is 0 Å². The van der Waals surface area contributed by atoms with Crippen LogP contribution in [0.5, 0.6) is 0 Å². The van der Waals surface area contributed by atoms with Crippen molar-refractivity contribution in [3.05, 3.63) is 72.6 Å². The Hall–Kier alpha value is -2.32. The van der Waals surface area contributed by atoms with E-state index in [1.165, 1.54) is 6.92 Å². The van der Waals surface area contributed by atoms with E-state index in [1.54, 1.807) is 0 Å². The van der Waals surface area contributed by atoms with Gasteiger partial charge in [-0.15, -0.1) is 0 Å². The molecule has 24 heavy (non-hydrogen) atoms. The number of allylic oxidation sites excluding steroid dienone is 1. The number of ketones is 1. The number of hydrogen-bond donors (Lipinski definition) is 0. The number of carbonyl (C=O) groups excluding carboxylic acids is 1. The number of rotatable bonds is 5. The third-order valence-corrected chi connectivity index (χ3v) is 7.30. The van der Waals surface area contributed by atoms with Crippen LogP contribution in [-0.2, 0) is 9.36 Å². The van der Waals surface area contributed by atoms with Gasteiger partial charge in [-0.3, -0.25) is 9.36 Å². The molecule has 0 spiro atoms. The fraction of sp³-hybridized carbons (Fsp3) is 0.211. The molecule has 0 amide bonds. The number of hydrogen-bond acceptors (Lipinski definition) is 2. The van der Waals surface area contributed by atoms with Crippen molar-refractivity contribution in [1.29, 1.82) is 0 Å². The van der Waals surface area contributed by atoms with E-state index in [2.05, 4.69) is 6.58 Å². The molecule has 4 nitrogen and oxygen atoms in total. The van der Waals surface area contributed by atoms with Gasteiger partial charge in [0.15, 0.2) is 0 Å². The summed E-state index contributed by atoms with van der Waals surface area (Å²) in [5.74, 6) is -0.0249. The molecule has 1 aliphatic heterocycles. The Labute approximate surface area is 142 Å². The maximum Gasteiger partial charge on any atom is 0.288 e. The van der Waals surface area contributed by atoms with E-state index in [-0.39, 0.29) is 12.2 Å². The van der Waals surface area contributed by atoms with Crippen LogP contribution in [0.2, 0.25) is 0 Å². The molecule has 2 aromatic carbocycles. The largest absolute Gasteiger partial charge is 0.302 e. The summed E-state index contributed by atoms with van der Waals surface area (Å²) in [5, 5.41) is 0.486. The number of nitrogens with zero attached hydrogens (tertiary/aromatic N) is 2. The van der Waals surface area contributed by atoms with Crippen molar-refractivity contribution in [2.24, 2.45) is 0 Å². The lowest BCUT2D eigenvalue weighted by molar-refractivity contribution is -0.116. The van der Waals surface area contributed by atoms with E-state index in [0.29, 0.717) is 18.4 Å². The summed E-state index contributed by atoms with van der Waals surface area (Å²) in [6.45, 7) is 6.80. The molecule has 0 N–H and O–H groups in total. The van der Waals surface area contributed by atoms with Crippen LogP contribution in [0.25, 0.3) is 0 Å². The summed E-state index contributed by atoms with van der Waals surface area (Å²) in [4.78, 5) is 11.6. The molecule has 0 atom stereocenters. The summed E-state index contributed by atoms with van der Waals surface area (Å²) in [6, 6.07) is 19.4. The van der Waals surface area contributed by atoms with Gasteiger partial charge in [0.05, 0.1) is 0 Å². The van der Waals surface area contributed by atoms with Crippen LogP contribution < -0.4 is 9.34 Å². The SMILES string of the molecule is C=C(CC(C)=O)P1(=O)N(c2ccccc2)CCN1c1ccccc1. The van der Waals surface area contributed by atoms with Crippen molar-refractivity contribution < 1.29 is 9.36 Å². The first-order valence-corrected chi connectivity index (χ1v) is 9.58. The second kappa shape index (κ2) is 6.66. The molecule has 0 aliphatic carbocycles. The van der Waals surface area contributed by atoms with E-state index in [9.17, 15) is 9.36 Å². The highest BCUT2D eigenvalue weighted by atomic mass is 31.2. The Morgan fingerprint density at radius 1 is 0.958 bits per heavy atom. The zero-order valence-electron chi connectivity index (χ0n) is 13.8. The van der Waals surface area contributed by atoms with Gasteiger partial charge in [-0.25, -0.2) is 0 Å². The van der Waals surface area contributed by atoms with Crippen molar-refractivity contribution in [2.45, 2.75) is 13.3 Å². The zero-order chi connectivity index (χ0) is 17.2. The number of carbonyl (C=O) groups is 1. The molecule has 1 aliphatic rings. The monoisotopic (exact) mass is 340 g/mol. The Balaban J connectivity index is 2.07. The van der Waals surface area contributed by atoms with Crippen molar-refractivity contribution in [3.63, 3.8) is 0 Å². The van der Waals surface area contributed by atoms with Gasteiger partial charge in [0.25, 0.3) is 7.44 Å². The van der Waals surface area contributed by atoms with Gasteiger partial charge in [0.1, 0.15) is 5.78 Å². The maximum atomic E-state index is 14.1. The second-order valence-electron chi connectivity index (χ2n) is 5.91. The molecule has 0 radical (unpaired) electrons. The molecular formula is C19H21N2O2P. The minimum absolute atomic E-state index is 0.0249. The van der Waals surface area contributed by atoms with Gasteiger partial charge in [0, 0.05) is 36.2 Å². The standard InChI is InChI=1S/C19H21N2O2P/c1-16(22)15-17(2)24(23)20(18-9-5-3-6-10-18)13-14-21(24)19-11-7-4-8-12-19/h3-12H,2,13-15H2,1H3. The van der Waals surface area contributed by atoms with Crippen LogP contribution in [0.4, 0.5) is 11.4 Å². The van der Waals surface area contributed by atoms with Gasteiger partial charge < -0.3 is 9.34 Å².